The van der Waals surface area contributed by atoms with Crippen LogP contribution in [-0.2, 0) is 4.79 Å². The van der Waals surface area contributed by atoms with Gasteiger partial charge in [0, 0.05) is 38.8 Å². The molecule has 5 heteroatoms. The van der Waals surface area contributed by atoms with E-state index in [2.05, 4.69) is 15.1 Å². The number of aliphatic hydroxyl groups is 1. The molecule has 22 heavy (non-hydrogen) atoms. The number of amides is 1. The number of carbonyl (C=O) groups is 1. The fourth-order valence-electron chi connectivity index (χ4n) is 3.81. The zero-order valence-corrected chi connectivity index (χ0v) is 13.9. The highest BCUT2D eigenvalue weighted by Gasteiger charge is 2.34. The smallest absolute Gasteiger partial charge is 0.237 e. The van der Waals surface area contributed by atoms with Crippen LogP contribution in [0.4, 0.5) is 0 Å². The lowest BCUT2D eigenvalue weighted by Gasteiger charge is -2.42. The summed E-state index contributed by atoms with van der Waals surface area (Å²) in [5.74, 6) is 0.182. The van der Waals surface area contributed by atoms with Crippen LogP contribution in [0.15, 0.2) is 0 Å². The lowest BCUT2D eigenvalue weighted by atomic mass is 9.84. The summed E-state index contributed by atoms with van der Waals surface area (Å²) in [6, 6.07) is 0.414. The molecule has 0 aromatic heterocycles. The molecule has 0 bridgehead atoms. The van der Waals surface area contributed by atoms with E-state index in [-0.39, 0.29) is 11.9 Å². The molecule has 1 amide bonds. The van der Waals surface area contributed by atoms with E-state index >= 15 is 0 Å². The first kappa shape index (κ1) is 16.2. The van der Waals surface area contributed by atoms with E-state index in [1.807, 2.05) is 6.92 Å². The van der Waals surface area contributed by atoms with Crippen LogP contribution in [-0.4, -0.2) is 71.2 Å². The van der Waals surface area contributed by atoms with E-state index in [0.717, 1.165) is 71.2 Å². The van der Waals surface area contributed by atoms with E-state index in [9.17, 15) is 9.90 Å². The maximum absolute atomic E-state index is 12.1. The van der Waals surface area contributed by atoms with Crippen LogP contribution in [0.3, 0.4) is 0 Å². The molecule has 3 rings (SSSR count). The molecule has 0 radical (unpaired) electrons. The lowest BCUT2D eigenvalue weighted by Crippen LogP contribution is -2.56. The maximum atomic E-state index is 12.1. The van der Waals surface area contributed by atoms with Crippen molar-refractivity contribution < 1.29 is 9.90 Å². The molecule has 1 saturated heterocycles. The average Bonchev–Trinajstić information content (AvgIpc) is 3.31. The number of nitrogens with zero attached hydrogens (tertiary/aromatic N) is 2. The van der Waals surface area contributed by atoms with Gasteiger partial charge in [-0.3, -0.25) is 14.6 Å². The molecule has 2 N–H and O–H groups in total. The van der Waals surface area contributed by atoms with Crippen molar-refractivity contribution in [3.63, 3.8) is 0 Å². The molecular weight excluding hydrogens is 278 g/mol. The van der Waals surface area contributed by atoms with Gasteiger partial charge in [0.25, 0.3) is 0 Å². The first-order valence-corrected chi connectivity index (χ1v) is 9.05. The molecule has 1 heterocycles. The number of piperazine rings is 1. The Morgan fingerprint density at radius 2 is 1.82 bits per heavy atom. The summed E-state index contributed by atoms with van der Waals surface area (Å²) in [5.41, 5.74) is -0.463. The van der Waals surface area contributed by atoms with Gasteiger partial charge in [0.05, 0.1) is 11.6 Å². The number of β-amino-alcohol motifs (C(OH)–C–C–N with tert-alkyl or cyclic N) is 1. The quantitative estimate of drug-likeness (QED) is 0.794. The molecule has 1 unspecified atom stereocenters. The number of hydrogen-bond acceptors (Lipinski definition) is 4. The van der Waals surface area contributed by atoms with Crippen LogP contribution >= 0.6 is 0 Å². The Morgan fingerprint density at radius 1 is 1.18 bits per heavy atom. The van der Waals surface area contributed by atoms with Crippen LogP contribution in [0.2, 0.25) is 0 Å². The summed E-state index contributed by atoms with van der Waals surface area (Å²) in [6.45, 7) is 6.60. The lowest BCUT2D eigenvalue weighted by molar-refractivity contribution is -0.127. The first-order chi connectivity index (χ1) is 10.6. The Labute approximate surface area is 134 Å². The fraction of sp³-hybridized carbons (Fsp3) is 0.941. The van der Waals surface area contributed by atoms with Gasteiger partial charge in [-0.1, -0.05) is 19.3 Å². The maximum Gasteiger partial charge on any atom is 0.237 e. The summed E-state index contributed by atoms with van der Waals surface area (Å²) in [4.78, 5) is 16.8. The van der Waals surface area contributed by atoms with Crippen LogP contribution in [0.1, 0.15) is 51.9 Å². The second-order valence-electron chi connectivity index (χ2n) is 7.56. The van der Waals surface area contributed by atoms with Crippen LogP contribution in [0.5, 0.6) is 0 Å². The van der Waals surface area contributed by atoms with E-state index in [4.69, 9.17) is 0 Å². The topological polar surface area (TPSA) is 55.8 Å². The van der Waals surface area contributed by atoms with Crippen molar-refractivity contribution >= 4 is 5.91 Å². The van der Waals surface area contributed by atoms with Crippen LogP contribution in [0.25, 0.3) is 0 Å². The van der Waals surface area contributed by atoms with Gasteiger partial charge in [-0.2, -0.15) is 0 Å². The van der Waals surface area contributed by atoms with Gasteiger partial charge in [-0.05, 0) is 32.6 Å². The number of nitrogens with one attached hydrogen (secondary N) is 1. The Kier molecular flexibility index (Phi) is 5.05. The number of carbonyl (C=O) groups excluding carboxylic acids is 1. The van der Waals surface area contributed by atoms with Crippen molar-refractivity contribution in [1.29, 1.82) is 0 Å². The van der Waals surface area contributed by atoms with Crippen LogP contribution in [0, 0.1) is 0 Å². The summed E-state index contributed by atoms with van der Waals surface area (Å²) in [6.07, 6.45) is 7.78. The van der Waals surface area contributed by atoms with E-state index < -0.39 is 5.60 Å². The Bertz CT molecular complexity index is 383. The highest BCUT2D eigenvalue weighted by molar-refractivity contribution is 5.81. The van der Waals surface area contributed by atoms with Gasteiger partial charge < -0.3 is 10.4 Å². The van der Waals surface area contributed by atoms with Gasteiger partial charge in [-0.25, -0.2) is 0 Å². The third-order valence-corrected chi connectivity index (χ3v) is 5.56. The predicted octanol–water partition coefficient (Wildman–Crippen LogP) is 0.966. The zero-order valence-electron chi connectivity index (χ0n) is 13.9. The van der Waals surface area contributed by atoms with Crippen molar-refractivity contribution in [1.82, 2.24) is 15.1 Å². The van der Waals surface area contributed by atoms with Gasteiger partial charge in [0.2, 0.25) is 5.91 Å². The molecule has 2 saturated carbocycles. The number of rotatable bonds is 5. The third kappa shape index (κ3) is 4.21. The minimum absolute atomic E-state index is 0.0273. The normalized spacial score (nSPS) is 28.3. The van der Waals surface area contributed by atoms with Crippen molar-refractivity contribution in [2.45, 2.75) is 69.6 Å². The van der Waals surface area contributed by atoms with E-state index in [0.29, 0.717) is 6.04 Å². The van der Waals surface area contributed by atoms with Crippen molar-refractivity contribution in [3.05, 3.63) is 0 Å². The molecule has 3 aliphatic rings. The van der Waals surface area contributed by atoms with Gasteiger partial charge in [-0.15, -0.1) is 0 Å². The highest BCUT2D eigenvalue weighted by atomic mass is 16.3. The molecule has 5 nitrogen and oxygen atoms in total. The molecule has 0 aromatic carbocycles. The fourth-order valence-corrected chi connectivity index (χ4v) is 3.81. The SMILES string of the molecule is CC(C(=O)NC1CC1)N1CCN(CC2(O)CCCCC2)CC1. The summed E-state index contributed by atoms with van der Waals surface area (Å²) in [5, 5.41) is 13.8. The molecule has 3 fully saturated rings. The molecular formula is C17H31N3O2. The molecule has 2 aliphatic carbocycles. The van der Waals surface area contributed by atoms with Gasteiger partial charge in [0.1, 0.15) is 0 Å². The van der Waals surface area contributed by atoms with E-state index in [1.54, 1.807) is 0 Å². The summed E-state index contributed by atoms with van der Waals surface area (Å²) < 4.78 is 0. The number of hydrogen-bond donors (Lipinski definition) is 2. The van der Waals surface area contributed by atoms with Crippen molar-refractivity contribution in [2.75, 3.05) is 32.7 Å². The van der Waals surface area contributed by atoms with E-state index in [1.165, 1.54) is 6.42 Å². The van der Waals surface area contributed by atoms with Crippen molar-refractivity contribution in [3.8, 4) is 0 Å². The Hall–Kier alpha value is -0.650. The Balaban J connectivity index is 1.42. The molecule has 126 valence electrons. The first-order valence-electron chi connectivity index (χ1n) is 9.05. The zero-order chi connectivity index (χ0) is 15.6. The average molecular weight is 309 g/mol. The highest BCUT2D eigenvalue weighted by Crippen LogP contribution is 2.29. The molecule has 1 atom stereocenters. The predicted molar refractivity (Wildman–Crippen MR) is 86.7 cm³/mol. The summed E-state index contributed by atoms with van der Waals surface area (Å²) >= 11 is 0. The minimum Gasteiger partial charge on any atom is -0.389 e. The minimum atomic E-state index is -0.463. The van der Waals surface area contributed by atoms with Crippen LogP contribution < -0.4 is 5.32 Å². The molecule has 0 aromatic rings. The standard InChI is InChI=1S/C17H31N3O2/c1-14(16(21)18-15-5-6-15)20-11-9-19(10-12-20)13-17(22)7-3-2-4-8-17/h14-15,22H,2-13H2,1H3,(H,18,21). The van der Waals surface area contributed by atoms with Crippen molar-refractivity contribution in [2.24, 2.45) is 0 Å². The van der Waals surface area contributed by atoms with Gasteiger partial charge >= 0.3 is 0 Å². The molecule has 0 spiro atoms. The second kappa shape index (κ2) is 6.85. The van der Waals surface area contributed by atoms with Gasteiger partial charge in [0.15, 0.2) is 0 Å². The molecule has 1 aliphatic heterocycles. The third-order valence-electron chi connectivity index (χ3n) is 5.56. The second-order valence-corrected chi connectivity index (χ2v) is 7.56. The monoisotopic (exact) mass is 309 g/mol. The largest absolute Gasteiger partial charge is 0.389 e. The summed E-state index contributed by atoms with van der Waals surface area (Å²) in [7, 11) is 0. The Morgan fingerprint density at radius 3 is 2.41 bits per heavy atom.